The molecule has 5 nitrogen and oxygen atoms in total. The van der Waals surface area contributed by atoms with Gasteiger partial charge in [-0.3, -0.25) is 4.79 Å². The van der Waals surface area contributed by atoms with Gasteiger partial charge in [0, 0.05) is 0 Å². The molecule has 24 heavy (non-hydrogen) atoms. The fourth-order valence-electron chi connectivity index (χ4n) is 2.03. The van der Waals surface area contributed by atoms with E-state index in [1.165, 1.54) is 7.11 Å². The Morgan fingerprint density at radius 2 is 1.79 bits per heavy atom. The summed E-state index contributed by atoms with van der Waals surface area (Å²) in [5, 5.41) is 12.4. The summed E-state index contributed by atoms with van der Waals surface area (Å²) in [7, 11) is 1.18. The van der Waals surface area contributed by atoms with Crippen LogP contribution in [-0.2, 0) is 20.5 Å². The Bertz CT molecular complexity index is 572. The Morgan fingerprint density at radius 3 is 2.21 bits per heavy atom. The van der Waals surface area contributed by atoms with E-state index < -0.39 is 35.8 Å². The molecule has 0 radical (unpaired) electrons. The van der Waals surface area contributed by atoms with Gasteiger partial charge < -0.3 is 15.2 Å². The number of methoxy groups -OCH3 is 1. The molecule has 0 aromatic heterocycles. The molecule has 1 rings (SSSR count). The smallest absolute Gasteiger partial charge is 0.416 e. The van der Waals surface area contributed by atoms with Crippen LogP contribution in [0.15, 0.2) is 24.3 Å². The zero-order valence-electron chi connectivity index (χ0n) is 13.6. The second kappa shape index (κ2) is 8.14. The molecule has 1 amide bonds. The van der Waals surface area contributed by atoms with Gasteiger partial charge in [0.05, 0.1) is 12.7 Å². The van der Waals surface area contributed by atoms with Crippen molar-refractivity contribution in [1.82, 2.24) is 5.32 Å². The number of rotatable bonds is 6. The molecular weight excluding hydrogens is 327 g/mol. The lowest BCUT2D eigenvalue weighted by Crippen LogP contribution is -2.47. The zero-order chi connectivity index (χ0) is 18.5. The highest BCUT2D eigenvalue weighted by atomic mass is 19.4. The van der Waals surface area contributed by atoms with Crippen molar-refractivity contribution in [2.24, 2.45) is 5.92 Å². The first-order valence-electron chi connectivity index (χ1n) is 7.35. The maximum absolute atomic E-state index is 12.5. The highest BCUT2D eigenvalue weighted by Crippen LogP contribution is 2.30. The van der Waals surface area contributed by atoms with E-state index >= 15 is 0 Å². The van der Waals surface area contributed by atoms with Gasteiger partial charge in [-0.25, -0.2) is 4.79 Å². The van der Waals surface area contributed by atoms with Gasteiger partial charge in [0.25, 0.3) is 5.91 Å². The molecule has 0 spiro atoms. The third-order valence-electron chi connectivity index (χ3n) is 3.77. The van der Waals surface area contributed by atoms with Crippen LogP contribution < -0.4 is 5.32 Å². The number of ether oxygens (including phenoxy) is 1. The van der Waals surface area contributed by atoms with E-state index in [2.05, 4.69) is 10.1 Å². The van der Waals surface area contributed by atoms with Crippen molar-refractivity contribution >= 4 is 11.9 Å². The largest absolute Gasteiger partial charge is 0.467 e. The van der Waals surface area contributed by atoms with Crippen LogP contribution in [0, 0.1) is 5.92 Å². The molecule has 2 N–H and O–H groups in total. The number of benzene rings is 1. The van der Waals surface area contributed by atoms with Crippen molar-refractivity contribution in [3.63, 3.8) is 0 Å². The van der Waals surface area contributed by atoms with Crippen LogP contribution >= 0.6 is 0 Å². The molecule has 0 bridgehead atoms. The molecule has 0 saturated carbocycles. The number of carbonyl (C=O) groups is 2. The van der Waals surface area contributed by atoms with E-state index in [-0.39, 0.29) is 11.5 Å². The molecule has 1 aromatic rings. The Labute approximate surface area is 137 Å². The highest BCUT2D eigenvalue weighted by molar-refractivity contribution is 5.87. The van der Waals surface area contributed by atoms with Crippen molar-refractivity contribution in [3.05, 3.63) is 35.4 Å². The van der Waals surface area contributed by atoms with Crippen molar-refractivity contribution in [2.75, 3.05) is 7.11 Å². The van der Waals surface area contributed by atoms with E-state index in [4.69, 9.17) is 0 Å². The minimum atomic E-state index is -4.50. The summed E-state index contributed by atoms with van der Waals surface area (Å²) in [5.74, 6) is -1.77. The van der Waals surface area contributed by atoms with E-state index in [9.17, 15) is 27.9 Å². The summed E-state index contributed by atoms with van der Waals surface area (Å²) >= 11 is 0. The maximum atomic E-state index is 12.5. The molecule has 1 aromatic carbocycles. The minimum absolute atomic E-state index is 0.00623. The Kier molecular flexibility index (Phi) is 6.77. The normalized spacial score (nSPS) is 15.3. The average Bonchev–Trinajstić information content (AvgIpc) is 2.56. The van der Waals surface area contributed by atoms with Crippen LogP contribution in [0.4, 0.5) is 13.2 Å². The fourth-order valence-corrected chi connectivity index (χ4v) is 2.03. The summed E-state index contributed by atoms with van der Waals surface area (Å²) in [5.41, 5.74) is -0.890. The molecule has 0 heterocycles. The van der Waals surface area contributed by atoms with Crippen LogP contribution in [0.2, 0.25) is 0 Å². The number of carbonyl (C=O) groups excluding carboxylic acids is 2. The van der Waals surface area contributed by atoms with Crippen LogP contribution in [0.5, 0.6) is 0 Å². The molecule has 0 aliphatic heterocycles. The highest BCUT2D eigenvalue weighted by Gasteiger charge is 2.32. The van der Waals surface area contributed by atoms with E-state index in [0.717, 1.165) is 24.3 Å². The van der Waals surface area contributed by atoms with Gasteiger partial charge >= 0.3 is 12.1 Å². The second-order valence-electron chi connectivity index (χ2n) is 5.42. The van der Waals surface area contributed by atoms with E-state index in [1.54, 1.807) is 6.92 Å². The first-order chi connectivity index (χ1) is 11.1. The summed E-state index contributed by atoms with van der Waals surface area (Å²) in [6.07, 6.45) is -5.61. The third-order valence-corrected chi connectivity index (χ3v) is 3.77. The minimum Gasteiger partial charge on any atom is -0.467 e. The zero-order valence-corrected chi connectivity index (χ0v) is 13.6. The molecular formula is C16H20F3NO4. The lowest BCUT2D eigenvalue weighted by Gasteiger charge is -2.23. The quantitative estimate of drug-likeness (QED) is 0.775. The molecule has 8 heteroatoms. The van der Waals surface area contributed by atoms with Crippen molar-refractivity contribution in [2.45, 2.75) is 38.6 Å². The van der Waals surface area contributed by atoms with Gasteiger partial charge in [-0.15, -0.1) is 0 Å². The van der Waals surface area contributed by atoms with Crippen LogP contribution in [0.1, 0.15) is 37.5 Å². The average molecular weight is 347 g/mol. The predicted molar refractivity (Wildman–Crippen MR) is 79.8 cm³/mol. The number of alkyl halides is 3. The number of nitrogens with one attached hydrogen (secondary N) is 1. The summed E-state index contributed by atoms with van der Waals surface area (Å²) in [4.78, 5) is 23.8. The number of aliphatic hydroxyl groups excluding tert-OH is 1. The van der Waals surface area contributed by atoms with Gasteiger partial charge in [0.2, 0.25) is 0 Å². The van der Waals surface area contributed by atoms with Crippen LogP contribution in [0.25, 0.3) is 0 Å². The Morgan fingerprint density at radius 1 is 1.25 bits per heavy atom. The van der Waals surface area contributed by atoms with Gasteiger partial charge in [-0.05, 0) is 23.6 Å². The first kappa shape index (κ1) is 20.0. The van der Waals surface area contributed by atoms with Gasteiger partial charge in [0.15, 0.2) is 6.10 Å². The SMILES string of the molecule is CC[C@@H](C)[C@H](NC(=O)[C@@H](O)c1ccc(C(F)(F)F)cc1)C(=O)OC. The molecule has 3 atom stereocenters. The van der Waals surface area contributed by atoms with Gasteiger partial charge in [-0.1, -0.05) is 32.4 Å². The Balaban J connectivity index is 2.88. The molecule has 134 valence electrons. The van der Waals surface area contributed by atoms with Crippen LogP contribution in [0.3, 0.4) is 0 Å². The predicted octanol–water partition coefficient (Wildman–Crippen LogP) is 2.44. The van der Waals surface area contributed by atoms with Crippen LogP contribution in [-0.4, -0.2) is 30.1 Å². The maximum Gasteiger partial charge on any atom is 0.416 e. The molecule has 0 saturated heterocycles. The Hall–Kier alpha value is -2.09. The number of hydrogen-bond acceptors (Lipinski definition) is 4. The van der Waals surface area contributed by atoms with Crippen molar-refractivity contribution in [3.8, 4) is 0 Å². The van der Waals surface area contributed by atoms with Gasteiger partial charge in [0.1, 0.15) is 6.04 Å². The topological polar surface area (TPSA) is 75.6 Å². The number of aliphatic hydroxyl groups is 1. The lowest BCUT2D eigenvalue weighted by molar-refractivity contribution is -0.148. The number of amides is 1. The molecule has 0 aliphatic rings. The molecule has 0 unspecified atom stereocenters. The summed E-state index contributed by atoms with van der Waals surface area (Å²) in [6.45, 7) is 3.55. The number of hydrogen-bond donors (Lipinski definition) is 2. The summed E-state index contributed by atoms with van der Waals surface area (Å²) < 4.78 is 42.2. The lowest BCUT2D eigenvalue weighted by atomic mass is 9.98. The van der Waals surface area contributed by atoms with E-state index in [0.29, 0.717) is 6.42 Å². The number of esters is 1. The van der Waals surface area contributed by atoms with Crippen molar-refractivity contribution in [1.29, 1.82) is 0 Å². The third kappa shape index (κ3) is 4.95. The van der Waals surface area contributed by atoms with Crippen molar-refractivity contribution < 1.29 is 32.6 Å². The summed E-state index contributed by atoms with van der Waals surface area (Å²) in [6, 6.07) is 2.64. The fraction of sp³-hybridized carbons (Fsp3) is 0.500. The second-order valence-corrected chi connectivity index (χ2v) is 5.42. The van der Waals surface area contributed by atoms with E-state index in [1.807, 2.05) is 6.92 Å². The van der Waals surface area contributed by atoms with Gasteiger partial charge in [-0.2, -0.15) is 13.2 Å². The standard InChI is InChI=1S/C16H20F3NO4/c1-4-9(2)12(15(23)24-3)20-14(22)13(21)10-5-7-11(8-6-10)16(17,18)19/h5-9,12-13,21H,4H2,1-3H3,(H,20,22)/t9-,12+,13+/m1/s1. The number of halogens is 3. The first-order valence-corrected chi connectivity index (χ1v) is 7.35. The molecule has 0 aliphatic carbocycles. The molecule has 0 fully saturated rings. The monoisotopic (exact) mass is 347 g/mol.